The summed E-state index contributed by atoms with van der Waals surface area (Å²) < 4.78 is 0. The lowest BCUT2D eigenvalue weighted by Crippen LogP contribution is -2.28. The summed E-state index contributed by atoms with van der Waals surface area (Å²) in [6.45, 7) is 6.28. The molecule has 5 heteroatoms. The van der Waals surface area contributed by atoms with E-state index >= 15 is 0 Å². The first-order valence-corrected chi connectivity index (χ1v) is 6.23. The fraction of sp³-hybridized carbons (Fsp3) is 0.583. The van der Waals surface area contributed by atoms with Gasteiger partial charge in [0.1, 0.15) is 5.82 Å². The van der Waals surface area contributed by atoms with E-state index in [-0.39, 0.29) is 0 Å². The lowest BCUT2D eigenvalue weighted by molar-refractivity contribution is 0.273. The summed E-state index contributed by atoms with van der Waals surface area (Å²) in [5.74, 6) is 0.710. The SMILES string of the molecule is CC(C)N(C)CCCNc1ncc(Cl)cc1N. The van der Waals surface area contributed by atoms with Crippen LogP contribution in [0.25, 0.3) is 0 Å². The van der Waals surface area contributed by atoms with Gasteiger partial charge < -0.3 is 16.0 Å². The third kappa shape index (κ3) is 4.79. The zero-order chi connectivity index (χ0) is 12.8. The molecule has 0 saturated carbocycles. The van der Waals surface area contributed by atoms with Crippen molar-refractivity contribution in [3.05, 3.63) is 17.3 Å². The first-order chi connectivity index (χ1) is 8.00. The van der Waals surface area contributed by atoms with E-state index in [2.05, 4.69) is 36.1 Å². The van der Waals surface area contributed by atoms with Gasteiger partial charge in [0.05, 0.1) is 10.7 Å². The number of nitrogens with two attached hydrogens (primary N) is 1. The van der Waals surface area contributed by atoms with Crippen LogP contribution < -0.4 is 11.1 Å². The number of aromatic nitrogens is 1. The van der Waals surface area contributed by atoms with Gasteiger partial charge in [-0.25, -0.2) is 4.98 Å². The summed E-state index contributed by atoms with van der Waals surface area (Å²) in [4.78, 5) is 6.45. The van der Waals surface area contributed by atoms with Crippen LogP contribution in [0.1, 0.15) is 20.3 Å². The Hall–Kier alpha value is -1.00. The third-order valence-corrected chi connectivity index (χ3v) is 2.95. The van der Waals surface area contributed by atoms with Crippen LogP contribution in [0.2, 0.25) is 5.02 Å². The van der Waals surface area contributed by atoms with Crippen LogP contribution in [0.4, 0.5) is 11.5 Å². The molecule has 0 bridgehead atoms. The van der Waals surface area contributed by atoms with Crippen LogP contribution in [-0.2, 0) is 0 Å². The number of pyridine rings is 1. The first kappa shape index (κ1) is 14.1. The second kappa shape index (κ2) is 6.67. The molecule has 1 aromatic heterocycles. The predicted octanol–water partition coefficient (Wildman–Crippen LogP) is 2.46. The zero-order valence-corrected chi connectivity index (χ0v) is 11.5. The standard InChI is InChI=1S/C12H21ClN4/c1-9(2)17(3)6-4-5-15-12-11(14)7-10(13)8-16-12/h7-9H,4-6,14H2,1-3H3,(H,15,16). The van der Waals surface area contributed by atoms with Gasteiger partial charge in [0.15, 0.2) is 0 Å². The molecule has 0 aliphatic rings. The normalized spacial score (nSPS) is 11.2. The molecule has 0 aliphatic carbocycles. The monoisotopic (exact) mass is 256 g/mol. The fourth-order valence-corrected chi connectivity index (χ4v) is 1.56. The molecule has 0 spiro atoms. The number of rotatable bonds is 6. The fourth-order valence-electron chi connectivity index (χ4n) is 1.40. The Balaban J connectivity index is 2.31. The van der Waals surface area contributed by atoms with Crippen molar-refractivity contribution in [1.29, 1.82) is 0 Å². The van der Waals surface area contributed by atoms with Gasteiger partial charge in [-0.1, -0.05) is 11.6 Å². The van der Waals surface area contributed by atoms with E-state index < -0.39 is 0 Å². The minimum absolute atomic E-state index is 0.563. The van der Waals surface area contributed by atoms with Crippen LogP contribution in [0.5, 0.6) is 0 Å². The van der Waals surface area contributed by atoms with Crippen molar-refractivity contribution in [2.45, 2.75) is 26.3 Å². The second-order valence-electron chi connectivity index (χ2n) is 4.45. The lowest BCUT2D eigenvalue weighted by atomic mass is 10.3. The minimum Gasteiger partial charge on any atom is -0.396 e. The van der Waals surface area contributed by atoms with Crippen LogP contribution in [0.15, 0.2) is 12.3 Å². The predicted molar refractivity (Wildman–Crippen MR) is 74.5 cm³/mol. The second-order valence-corrected chi connectivity index (χ2v) is 4.88. The van der Waals surface area contributed by atoms with Crippen LogP contribution in [0, 0.1) is 0 Å². The van der Waals surface area contributed by atoms with Crippen molar-refractivity contribution in [3.8, 4) is 0 Å². The van der Waals surface area contributed by atoms with E-state index in [0.29, 0.717) is 22.6 Å². The molecular weight excluding hydrogens is 236 g/mol. The Labute approximate surface area is 108 Å². The van der Waals surface area contributed by atoms with Crippen molar-refractivity contribution in [2.75, 3.05) is 31.2 Å². The average molecular weight is 257 g/mol. The Kier molecular flexibility index (Phi) is 5.51. The lowest BCUT2D eigenvalue weighted by Gasteiger charge is -2.20. The van der Waals surface area contributed by atoms with Gasteiger partial charge in [0.25, 0.3) is 0 Å². The number of anilines is 2. The Bertz CT molecular complexity index is 354. The largest absolute Gasteiger partial charge is 0.396 e. The smallest absolute Gasteiger partial charge is 0.149 e. The van der Waals surface area contributed by atoms with Crippen molar-refractivity contribution in [2.24, 2.45) is 0 Å². The number of nitrogens with zero attached hydrogens (tertiary/aromatic N) is 2. The van der Waals surface area contributed by atoms with E-state index in [1.165, 1.54) is 0 Å². The Morgan fingerprint density at radius 3 is 2.82 bits per heavy atom. The Morgan fingerprint density at radius 1 is 1.53 bits per heavy atom. The minimum atomic E-state index is 0.563. The maximum atomic E-state index is 5.79. The van der Waals surface area contributed by atoms with E-state index in [9.17, 15) is 0 Å². The molecule has 1 rings (SSSR count). The molecule has 0 saturated heterocycles. The maximum absolute atomic E-state index is 5.79. The molecule has 3 N–H and O–H groups in total. The van der Waals surface area contributed by atoms with E-state index in [0.717, 1.165) is 19.5 Å². The summed E-state index contributed by atoms with van der Waals surface area (Å²) in [5.41, 5.74) is 6.38. The van der Waals surface area contributed by atoms with Gasteiger partial charge in [0.2, 0.25) is 0 Å². The molecule has 0 atom stereocenters. The molecular formula is C12H21ClN4. The van der Waals surface area contributed by atoms with Crippen LogP contribution in [0.3, 0.4) is 0 Å². The quantitative estimate of drug-likeness (QED) is 0.768. The van der Waals surface area contributed by atoms with Crippen LogP contribution in [-0.4, -0.2) is 36.1 Å². The highest BCUT2D eigenvalue weighted by Gasteiger charge is 2.03. The molecule has 0 amide bonds. The van der Waals surface area contributed by atoms with Crippen molar-refractivity contribution in [3.63, 3.8) is 0 Å². The summed E-state index contributed by atoms with van der Waals surface area (Å²) in [6, 6.07) is 2.28. The van der Waals surface area contributed by atoms with Crippen molar-refractivity contribution >= 4 is 23.1 Å². The van der Waals surface area contributed by atoms with Crippen molar-refractivity contribution < 1.29 is 0 Å². The molecule has 1 aromatic rings. The molecule has 4 nitrogen and oxygen atoms in total. The molecule has 96 valence electrons. The van der Waals surface area contributed by atoms with Gasteiger partial charge >= 0.3 is 0 Å². The van der Waals surface area contributed by atoms with Gasteiger partial charge in [-0.05, 0) is 39.9 Å². The summed E-state index contributed by atoms with van der Waals surface area (Å²) in [5, 5.41) is 3.78. The summed E-state index contributed by atoms with van der Waals surface area (Å²) >= 11 is 5.78. The number of nitrogens with one attached hydrogen (secondary N) is 1. The molecule has 1 heterocycles. The first-order valence-electron chi connectivity index (χ1n) is 5.86. The zero-order valence-electron chi connectivity index (χ0n) is 10.7. The topological polar surface area (TPSA) is 54.2 Å². The molecule has 0 unspecified atom stereocenters. The van der Waals surface area contributed by atoms with Gasteiger partial charge in [-0.3, -0.25) is 0 Å². The van der Waals surface area contributed by atoms with Crippen molar-refractivity contribution in [1.82, 2.24) is 9.88 Å². The van der Waals surface area contributed by atoms with Gasteiger partial charge in [-0.15, -0.1) is 0 Å². The molecule has 0 fully saturated rings. The van der Waals surface area contributed by atoms with E-state index in [1.54, 1.807) is 12.3 Å². The number of nitrogen functional groups attached to an aromatic ring is 1. The maximum Gasteiger partial charge on any atom is 0.149 e. The summed E-state index contributed by atoms with van der Waals surface area (Å²) in [6.07, 6.45) is 2.65. The molecule has 17 heavy (non-hydrogen) atoms. The van der Waals surface area contributed by atoms with Crippen LogP contribution >= 0.6 is 11.6 Å². The highest BCUT2D eigenvalue weighted by Crippen LogP contribution is 2.19. The molecule has 0 radical (unpaired) electrons. The molecule has 0 aromatic carbocycles. The highest BCUT2D eigenvalue weighted by atomic mass is 35.5. The number of hydrogen-bond donors (Lipinski definition) is 2. The highest BCUT2D eigenvalue weighted by molar-refractivity contribution is 6.30. The van der Waals surface area contributed by atoms with E-state index in [1.807, 2.05) is 0 Å². The number of halogens is 1. The van der Waals surface area contributed by atoms with Gasteiger partial charge in [0, 0.05) is 18.8 Å². The van der Waals surface area contributed by atoms with Gasteiger partial charge in [-0.2, -0.15) is 0 Å². The average Bonchev–Trinajstić information content (AvgIpc) is 2.26. The Morgan fingerprint density at radius 2 is 2.24 bits per heavy atom. The molecule has 0 aliphatic heterocycles. The third-order valence-electron chi connectivity index (χ3n) is 2.75. The number of hydrogen-bond acceptors (Lipinski definition) is 4. The van der Waals surface area contributed by atoms with E-state index in [4.69, 9.17) is 17.3 Å². The summed E-state index contributed by atoms with van der Waals surface area (Å²) in [7, 11) is 2.12.